The highest BCUT2D eigenvalue weighted by molar-refractivity contribution is 8.77. The molecule has 1 aliphatic rings. The number of nitrogens with one attached hydrogen (secondary N) is 2. The average molecular weight is 492 g/mol. The van der Waals surface area contributed by atoms with Crippen molar-refractivity contribution in [3.8, 4) is 22.8 Å². The predicted octanol–water partition coefficient (Wildman–Crippen LogP) is 6.46. The van der Waals surface area contributed by atoms with Crippen LogP contribution in [0.5, 0.6) is 11.5 Å². The number of aromatic amines is 1. The molecule has 34 heavy (non-hydrogen) atoms. The number of para-hydroxylation sites is 1. The Kier molecular flexibility index (Phi) is 7.31. The molecule has 9 heteroatoms. The molecule has 0 aliphatic carbocycles. The third-order valence-electron chi connectivity index (χ3n) is 5.64. The van der Waals surface area contributed by atoms with E-state index >= 15 is 0 Å². The summed E-state index contributed by atoms with van der Waals surface area (Å²) >= 11 is 0. The maximum absolute atomic E-state index is 12.6. The number of rotatable bonds is 9. The number of fused-ring (bicyclic) bond motifs is 1. The fourth-order valence-corrected chi connectivity index (χ4v) is 6.92. The third kappa shape index (κ3) is 5.53. The van der Waals surface area contributed by atoms with Crippen LogP contribution in [0, 0.1) is 0 Å². The molecule has 1 atom stereocenters. The number of amides is 1. The molecule has 2 aromatic carbocycles. The van der Waals surface area contributed by atoms with Gasteiger partial charge in [-0.2, -0.15) is 5.10 Å². The number of hydrogen-bond donors (Lipinski definition) is 2. The van der Waals surface area contributed by atoms with Gasteiger partial charge in [-0.25, -0.2) is 9.97 Å². The van der Waals surface area contributed by atoms with E-state index in [1.165, 1.54) is 24.9 Å². The SMILES string of the molecule is O=C(CCCCC1CCSS1)Nc1ncnc2n[nH]c(-c3ccc(Oc4ccccc4)cc3)c12. The minimum atomic E-state index is -0.0350. The predicted molar refractivity (Wildman–Crippen MR) is 139 cm³/mol. The van der Waals surface area contributed by atoms with Crippen LogP contribution < -0.4 is 10.1 Å². The second-order valence-corrected chi connectivity index (χ2v) is 10.9. The Morgan fingerprint density at radius 2 is 1.88 bits per heavy atom. The second kappa shape index (κ2) is 10.9. The van der Waals surface area contributed by atoms with E-state index in [1.807, 2.05) is 76.2 Å². The molecule has 1 aliphatic heterocycles. The van der Waals surface area contributed by atoms with Gasteiger partial charge in [0.1, 0.15) is 23.6 Å². The van der Waals surface area contributed by atoms with Gasteiger partial charge in [0.2, 0.25) is 5.91 Å². The van der Waals surface area contributed by atoms with Gasteiger partial charge in [-0.15, -0.1) is 0 Å². The molecular weight excluding hydrogens is 466 g/mol. The van der Waals surface area contributed by atoms with Crippen molar-refractivity contribution in [3.05, 3.63) is 60.9 Å². The average Bonchev–Trinajstić information content (AvgIpc) is 3.54. The van der Waals surface area contributed by atoms with Gasteiger partial charge in [-0.3, -0.25) is 9.89 Å². The van der Waals surface area contributed by atoms with E-state index in [9.17, 15) is 4.79 Å². The number of H-pyrrole nitrogens is 1. The van der Waals surface area contributed by atoms with E-state index in [0.717, 1.165) is 40.8 Å². The molecule has 174 valence electrons. The molecule has 2 N–H and O–H groups in total. The van der Waals surface area contributed by atoms with Gasteiger partial charge in [0.05, 0.1) is 11.1 Å². The molecule has 1 amide bonds. The van der Waals surface area contributed by atoms with Crippen molar-refractivity contribution in [1.82, 2.24) is 20.2 Å². The first-order valence-corrected chi connectivity index (χ1v) is 13.7. The highest BCUT2D eigenvalue weighted by Gasteiger charge is 2.18. The lowest BCUT2D eigenvalue weighted by Crippen LogP contribution is -2.13. The Bertz CT molecular complexity index is 1240. The normalized spacial score (nSPS) is 15.5. The van der Waals surface area contributed by atoms with Crippen LogP contribution in [0.15, 0.2) is 60.9 Å². The van der Waals surface area contributed by atoms with Gasteiger partial charge in [-0.05, 0) is 55.7 Å². The van der Waals surface area contributed by atoms with Crippen LogP contribution >= 0.6 is 21.6 Å². The number of carbonyl (C=O) groups is 1. The summed E-state index contributed by atoms with van der Waals surface area (Å²) in [5, 5.41) is 11.8. The summed E-state index contributed by atoms with van der Waals surface area (Å²) in [6.07, 6.45) is 6.31. The van der Waals surface area contributed by atoms with E-state index in [0.29, 0.717) is 23.3 Å². The Morgan fingerprint density at radius 3 is 2.68 bits per heavy atom. The van der Waals surface area contributed by atoms with Crippen molar-refractivity contribution in [3.63, 3.8) is 0 Å². The number of hydrogen-bond acceptors (Lipinski definition) is 7. The van der Waals surface area contributed by atoms with Crippen LogP contribution in [-0.4, -0.2) is 37.1 Å². The highest BCUT2D eigenvalue weighted by atomic mass is 33.1. The number of nitrogens with zero attached hydrogens (tertiary/aromatic N) is 3. The second-order valence-electron chi connectivity index (χ2n) is 8.08. The molecule has 5 rings (SSSR count). The first kappa shape index (κ1) is 22.7. The zero-order valence-electron chi connectivity index (χ0n) is 18.6. The van der Waals surface area contributed by atoms with Gasteiger partial charge in [-0.1, -0.05) is 46.2 Å². The summed E-state index contributed by atoms with van der Waals surface area (Å²) in [6, 6.07) is 17.3. The van der Waals surface area contributed by atoms with Crippen molar-refractivity contribution in [2.24, 2.45) is 0 Å². The first-order chi connectivity index (χ1) is 16.8. The maximum atomic E-state index is 12.6. The summed E-state index contributed by atoms with van der Waals surface area (Å²) in [7, 11) is 3.95. The molecule has 0 spiro atoms. The maximum Gasteiger partial charge on any atom is 0.225 e. The fourth-order valence-electron chi connectivity index (χ4n) is 3.89. The molecule has 3 heterocycles. The Hall–Kier alpha value is -3.04. The van der Waals surface area contributed by atoms with Crippen LogP contribution in [0.25, 0.3) is 22.3 Å². The third-order valence-corrected chi connectivity index (χ3v) is 8.64. The van der Waals surface area contributed by atoms with E-state index in [2.05, 4.69) is 25.5 Å². The Balaban J connectivity index is 1.26. The molecule has 0 saturated carbocycles. The largest absolute Gasteiger partial charge is 0.457 e. The Morgan fingerprint density at radius 1 is 1.06 bits per heavy atom. The summed E-state index contributed by atoms with van der Waals surface area (Å²) in [5.74, 6) is 3.20. The zero-order valence-corrected chi connectivity index (χ0v) is 20.2. The number of benzene rings is 2. The van der Waals surface area contributed by atoms with Crippen molar-refractivity contribution in [2.45, 2.75) is 37.4 Å². The van der Waals surface area contributed by atoms with Crippen molar-refractivity contribution in [2.75, 3.05) is 11.1 Å². The summed E-state index contributed by atoms with van der Waals surface area (Å²) in [6.45, 7) is 0. The zero-order chi connectivity index (χ0) is 23.2. The number of carbonyl (C=O) groups excluding carboxylic acids is 1. The smallest absolute Gasteiger partial charge is 0.225 e. The van der Waals surface area contributed by atoms with Gasteiger partial charge in [0, 0.05) is 23.0 Å². The number of ether oxygens (including phenoxy) is 1. The lowest BCUT2D eigenvalue weighted by molar-refractivity contribution is -0.116. The molecular formula is C25H25N5O2S2. The van der Waals surface area contributed by atoms with E-state index in [1.54, 1.807) is 0 Å². The van der Waals surface area contributed by atoms with Crippen molar-refractivity contribution < 1.29 is 9.53 Å². The van der Waals surface area contributed by atoms with Crippen LogP contribution in [0.1, 0.15) is 32.1 Å². The molecule has 7 nitrogen and oxygen atoms in total. The number of aromatic nitrogens is 4. The number of unbranched alkanes of at least 4 members (excludes halogenated alkanes) is 1. The monoisotopic (exact) mass is 491 g/mol. The fraction of sp³-hybridized carbons (Fsp3) is 0.280. The van der Waals surface area contributed by atoms with E-state index in [-0.39, 0.29) is 5.91 Å². The minimum absolute atomic E-state index is 0.0350. The summed E-state index contributed by atoms with van der Waals surface area (Å²) in [5.41, 5.74) is 2.17. The van der Waals surface area contributed by atoms with Crippen LogP contribution in [0.4, 0.5) is 5.82 Å². The molecule has 1 saturated heterocycles. The topological polar surface area (TPSA) is 92.8 Å². The van der Waals surface area contributed by atoms with Gasteiger partial charge in [0.25, 0.3) is 0 Å². The molecule has 2 aromatic heterocycles. The van der Waals surface area contributed by atoms with E-state index in [4.69, 9.17) is 4.74 Å². The van der Waals surface area contributed by atoms with Gasteiger partial charge < -0.3 is 10.1 Å². The van der Waals surface area contributed by atoms with E-state index < -0.39 is 0 Å². The standard InChI is InChI=1S/C25H25N5O2S2/c31-21(9-5-4-8-20-14-15-33-34-20)28-24-22-23(29-30-25(22)27-16-26-24)17-10-12-19(13-11-17)32-18-6-2-1-3-7-18/h1-3,6-7,10-13,16,20H,4-5,8-9,14-15H2,(H2,26,27,28,29,30,31). The van der Waals surface area contributed by atoms with Crippen LogP contribution in [0.2, 0.25) is 0 Å². The highest BCUT2D eigenvalue weighted by Crippen LogP contribution is 2.40. The van der Waals surface area contributed by atoms with Gasteiger partial charge >= 0.3 is 0 Å². The summed E-state index contributed by atoms with van der Waals surface area (Å²) in [4.78, 5) is 21.2. The quantitative estimate of drug-likeness (QED) is 0.205. The number of anilines is 1. The first-order valence-electron chi connectivity index (χ1n) is 11.4. The lowest BCUT2D eigenvalue weighted by atomic mass is 10.1. The lowest BCUT2D eigenvalue weighted by Gasteiger charge is -2.09. The minimum Gasteiger partial charge on any atom is -0.457 e. The summed E-state index contributed by atoms with van der Waals surface area (Å²) < 4.78 is 5.88. The van der Waals surface area contributed by atoms with Crippen molar-refractivity contribution >= 4 is 44.3 Å². The molecule has 4 aromatic rings. The molecule has 0 bridgehead atoms. The molecule has 1 unspecified atom stereocenters. The molecule has 1 fully saturated rings. The van der Waals surface area contributed by atoms with Gasteiger partial charge in [0.15, 0.2) is 5.65 Å². The Labute approximate surface area is 205 Å². The van der Waals surface area contributed by atoms with Crippen molar-refractivity contribution in [1.29, 1.82) is 0 Å². The molecule has 0 radical (unpaired) electrons. The van der Waals surface area contributed by atoms with Crippen LogP contribution in [-0.2, 0) is 4.79 Å². The van der Waals surface area contributed by atoms with Crippen LogP contribution in [0.3, 0.4) is 0 Å².